The lowest BCUT2D eigenvalue weighted by molar-refractivity contribution is 0.0717. The van der Waals surface area contributed by atoms with Crippen LogP contribution in [0.25, 0.3) is 11.8 Å². The van der Waals surface area contributed by atoms with E-state index in [1.165, 1.54) is 10.7 Å². The van der Waals surface area contributed by atoms with E-state index in [1.54, 1.807) is 6.07 Å². The summed E-state index contributed by atoms with van der Waals surface area (Å²) < 4.78 is 8.98. The highest BCUT2D eigenvalue weighted by molar-refractivity contribution is 14.1. The van der Waals surface area contributed by atoms with Gasteiger partial charge in [0.1, 0.15) is 5.76 Å². The molecule has 1 aliphatic rings. The molecule has 3 rings (SSSR count). The van der Waals surface area contributed by atoms with Crippen molar-refractivity contribution in [3.8, 4) is 0 Å². The molecule has 0 aliphatic carbocycles. The zero-order valence-corrected chi connectivity index (χ0v) is 16.5. The first-order valence-corrected chi connectivity index (χ1v) is 8.98. The molecule has 0 radical (unpaired) electrons. The summed E-state index contributed by atoms with van der Waals surface area (Å²) in [5.41, 5.74) is 2.56. The number of carbonyl (C=O) groups is 1. The molecule has 2 aromatic rings. The van der Waals surface area contributed by atoms with Crippen molar-refractivity contribution in [2.75, 3.05) is 0 Å². The molecular weight excluding hydrogens is 593 g/mol. The van der Waals surface area contributed by atoms with Crippen LogP contribution in [-0.4, -0.2) is 5.97 Å². The molecule has 0 amide bonds. The van der Waals surface area contributed by atoms with Crippen molar-refractivity contribution in [3.63, 3.8) is 0 Å². The molecule has 2 nitrogen and oxygen atoms in total. The molecule has 0 atom stereocenters. The minimum absolute atomic E-state index is 0.276. The van der Waals surface area contributed by atoms with Gasteiger partial charge in [-0.25, -0.2) is 4.79 Å². The summed E-state index contributed by atoms with van der Waals surface area (Å²) in [6, 6.07) is 11.6. The summed E-state index contributed by atoms with van der Waals surface area (Å²) >= 11 is 6.97. The van der Waals surface area contributed by atoms with Crippen LogP contribution in [0.4, 0.5) is 0 Å². The van der Waals surface area contributed by atoms with E-state index in [0.717, 1.165) is 11.1 Å². The zero-order chi connectivity index (χ0) is 14.3. The van der Waals surface area contributed by atoms with Gasteiger partial charge in [-0.3, -0.25) is 0 Å². The van der Waals surface area contributed by atoms with Gasteiger partial charge in [-0.2, -0.15) is 0 Å². The monoisotopic (exact) mass is 600 g/mol. The van der Waals surface area contributed by atoms with Crippen LogP contribution >= 0.6 is 67.8 Å². The molecule has 2 aromatic carbocycles. The number of carbonyl (C=O) groups excluding carboxylic acids is 1. The first-order chi connectivity index (χ1) is 9.58. The first kappa shape index (κ1) is 14.8. The van der Waals surface area contributed by atoms with Gasteiger partial charge in [-0.1, -0.05) is 24.3 Å². The van der Waals surface area contributed by atoms with Gasteiger partial charge in [0.2, 0.25) is 0 Å². The topological polar surface area (TPSA) is 26.3 Å². The van der Waals surface area contributed by atoms with E-state index in [9.17, 15) is 4.79 Å². The van der Waals surface area contributed by atoms with E-state index < -0.39 is 0 Å². The smallest absolute Gasteiger partial charge is 0.344 e. The maximum atomic E-state index is 11.8. The van der Waals surface area contributed by atoms with E-state index >= 15 is 0 Å². The van der Waals surface area contributed by atoms with Crippen molar-refractivity contribution in [2.24, 2.45) is 0 Å². The van der Waals surface area contributed by atoms with Gasteiger partial charge in [0.25, 0.3) is 0 Å². The van der Waals surface area contributed by atoms with Crippen LogP contribution in [0.5, 0.6) is 0 Å². The Morgan fingerprint density at radius 2 is 1.60 bits per heavy atom. The summed E-state index contributed by atoms with van der Waals surface area (Å²) in [6.45, 7) is 0. The maximum Gasteiger partial charge on any atom is 0.344 e. The van der Waals surface area contributed by atoms with Crippen molar-refractivity contribution < 1.29 is 9.53 Å². The lowest BCUT2D eigenvalue weighted by atomic mass is 10.1. The Bertz CT molecular complexity index is 751. The number of hydrogen-bond donors (Lipinski definition) is 0. The Morgan fingerprint density at radius 3 is 2.35 bits per heavy atom. The average Bonchev–Trinajstić information content (AvgIpc) is 2.77. The summed E-state index contributed by atoms with van der Waals surface area (Å²) in [5, 5.41) is 0. The fourth-order valence-corrected chi connectivity index (χ4v) is 4.07. The number of benzene rings is 2. The number of hydrogen-bond acceptors (Lipinski definition) is 2. The molecule has 0 bridgehead atoms. The van der Waals surface area contributed by atoms with Gasteiger partial charge in [-0.15, -0.1) is 0 Å². The first-order valence-electron chi connectivity index (χ1n) is 5.74. The third kappa shape index (κ3) is 2.63. The molecule has 0 unspecified atom stereocenters. The standard InChI is InChI=1S/C15H7I3O2/c16-11-6-5-8(13(17)14(11)18)7-12-9-3-1-2-4-10(9)15(19)20-12/h1-7H. The highest BCUT2D eigenvalue weighted by Crippen LogP contribution is 2.33. The summed E-state index contributed by atoms with van der Waals surface area (Å²) in [4.78, 5) is 11.8. The SMILES string of the molecule is O=C1OC(=Cc2ccc(I)c(I)c2I)c2ccccc21. The van der Waals surface area contributed by atoms with Gasteiger partial charge in [0.15, 0.2) is 0 Å². The molecule has 20 heavy (non-hydrogen) atoms. The van der Waals surface area contributed by atoms with Crippen molar-refractivity contribution in [2.45, 2.75) is 0 Å². The molecule has 1 heterocycles. The second kappa shape index (κ2) is 5.91. The fraction of sp³-hybridized carbons (Fsp3) is 0. The minimum Gasteiger partial charge on any atom is -0.422 e. The number of fused-ring (bicyclic) bond motifs is 1. The predicted octanol–water partition coefficient (Wildman–Crippen LogP) is 5.17. The molecule has 0 fully saturated rings. The van der Waals surface area contributed by atoms with Crippen LogP contribution in [-0.2, 0) is 4.74 Å². The zero-order valence-electron chi connectivity index (χ0n) is 9.99. The highest BCUT2D eigenvalue weighted by Gasteiger charge is 2.25. The third-order valence-electron chi connectivity index (χ3n) is 2.97. The largest absolute Gasteiger partial charge is 0.422 e. The molecule has 0 aromatic heterocycles. The lowest BCUT2D eigenvalue weighted by Gasteiger charge is -2.05. The number of cyclic esters (lactones) is 1. The lowest BCUT2D eigenvalue weighted by Crippen LogP contribution is -1.93. The number of ether oxygens (including phenoxy) is 1. The van der Waals surface area contributed by atoms with Gasteiger partial charge in [-0.05, 0) is 91.5 Å². The van der Waals surface area contributed by atoms with Crippen LogP contribution in [0.2, 0.25) is 0 Å². The molecule has 100 valence electrons. The molecule has 5 heteroatoms. The number of halogens is 3. The summed E-state index contributed by atoms with van der Waals surface area (Å²) in [5.74, 6) is 0.350. The van der Waals surface area contributed by atoms with Crippen LogP contribution in [0.1, 0.15) is 21.5 Å². The number of rotatable bonds is 1. The van der Waals surface area contributed by atoms with Gasteiger partial charge in [0, 0.05) is 16.3 Å². The van der Waals surface area contributed by atoms with E-state index in [-0.39, 0.29) is 5.97 Å². The van der Waals surface area contributed by atoms with Gasteiger partial charge in [0.05, 0.1) is 5.56 Å². The Balaban J connectivity index is 2.12. The van der Waals surface area contributed by atoms with E-state index in [4.69, 9.17) is 4.74 Å². The Morgan fingerprint density at radius 1 is 0.900 bits per heavy atom. The van der Waals surface area contributed by atoms with E-state index in [1.807, 2.05) is 30.3 Å². The Hall–Kier alpha value is -0.160. The van der Waals surface area contributed by atoms with Crippen LogP contribution in [0.15, 0.2) is 36.4 Å². The van der Waals surface area contributed by atoms with Gasteiger partial charge < -0.3 is 4.74 Å². The highest BCUT2D eigenvalue weighted by atomic mass is 127. The maximum absolute atomic E-state index is 11.8. The molecule has 0 saturated carbocycles. The van der Waals surface area contributed by atoms with Crippen molar-refractivity contribution in [3.05, 3.63) is 63.8 Å². The molecular formula is C15H7I3O2. The van der Waals surface area contributed by atoms with Crippen molar-refractivity contribution >= 4 is 85.6 Å². The Labute approximate surface area is 157 Å². The second-order valence-corrected chi connectivity index (χ2v) is 7.53. The van der Waals surface area contributed by atoms with Crippen LogP contribution in [0, 0.1) is 10.7 Å². The molecule has 0 saturated heterocycles. The van der Waals surface area contributed by atoms with Crippen LogP contribution < -0.4 is 0 Å². The summed E-state index contributed by atoms with van der Waals surface area (Å²) in [7, 11) is 0. The van der Waals surface area contributed by atoms with E-state index in [0.29, 0.717) is 11.3 Å². The number of esters is 1. The molecule has 0 N–H and O–H groups in total. The third-order valence-corrected chi connectivity index (χ3v) is 8.21. The Kier molecular flexibility index (Phi) is 4.37. The molecule has 1 aliphatic heterocycles. The predicted molar refractivity (Wildman–Crippen MR) is 104 cm³/mol. The normalized spacial score (nSPS) is 15.3. The minimum atomic E-state index is -0.276. The van der Waals surface area contributed by atoms with Gasteiger partial charge >= 0.3 is 5.97 Å². The summed E-state index contributed by atoms with van der Waals surface area (Å²) in [6.07, 6.45) is 1.93. The second-order valence-electron chi connectivity index (χ2n) is 4.21. The average molecular weight is 600 g/mol. The molecule has 0 spiro atoms. The fourth-order valence-electron chi connectivity index (χ4n) is 1.99. The van der Waals surface area contributed by atoms with Crippen LogP contribution in [0.3, 0.4) is 0 Å². The van der Waals surface area contributed by atoms with Crippen molar-refractivity contribution in [1.29, 1.82) is 0 Å². The quantitative estimate of drug-likeness (QED) is 0.257. The van der Waals surface area contributed by atoms with Crippen molar-refractivity contribution in [1.82, 2.24) is 0 Å². The van der Waals surface area contributed by atoms with E-state index in [2.05, 4.69) is 73.8 Å².